The summed E-state index contributed by atoms with van der Waals surface area (Å²) in [6.07, 6.45) is 8.31. The molecule has 0 radical (unpaired) electrons. The van der Waals surface area contributed by atoms with E-state index in [1.165, 1.54) is 19.3 Å². The number of benzene rings is 1. The molecular formula is C16H24ClN. The standard InChI is InChI=1S/C16H23N.ClH/c1-4-10-16(13-17(2)3)11-9-14-7-5-6-8-15(14)12-16;/h4-8,10H,9,11-13H2,1-3H3;1H. The summed E-state index contributed by atoms with van der Waals surface area (Å²) in [7, 11) is 4.34. The van der Waals surface area contributed by atoms with Crippen LogP contribution in [0.3, 0.4) is 0 Å². The first-order valence-electron chi connectivity index (χ1n) is 6.51. The monoisotopic (exact) mass is 265 g/mol. The van der Waals surface area contributed by atoms with Crippen LogP contribution >= 0.6 is 12.4 Å². The number of halogens is 1. The Morgan fingerprint density at radius 2 is 1.89 bits per heavy atom. The molecule has 2 rings (SSSR count). The van der Waals surface area contributed by atoms with Crippen molar-refractivity contribution < 1.29 is 0 Å². The normalized spacial score (nSPS) is 22.9. The minimum atomic E-state index is 0. The van der Waals surface area contributed by atoms with Gasteiger partial charge in [0.15, 0.2) is 0 Å². The van der Waals surface area contributed by atoms with E-state index in [1.54, 1.807) is 11.1 Å². The highest BCUT2D eigenvalue weighted by Crippen LogP contribution is 2.37. The van der Waals surface area contributed by atoms with Gasteiger partial charge in [0.2, 0.25) is 0 Å². The third kappa shape index (κ3) is 3.37. The lowest BCUT2D eigenvalue weighted by molar-refractivity contribution is 0.226. The van der Waals surface area contributed by atoms with Crippen molar-refractivity contribution in [3.63, 3.8) is 0 Å². The van der Waals surface area contributed by atoms with Crippen molar-refractivity contribution in [1.82, 2.24) is 4.90 Å². The largest absolute Gasteiger partial charge is 0.309 e. The average Bonchev–Trinajstić information content (AvgIpc) is 2.28. The van der Waals surface area contributed by atoms with Crippen LogP contribution in [-0.4, -0.2) is 25.5 Å². The second-order valence-corrected chi connectivity index (χ2v) is 5.55. The van der Waals surface area contributed by atoms with Gasteiger partial charge in [0.05, 0.1) is 0 Å². The molecule has 1 atom stereocenters. The summed E-state index contributed by atoms with van der Waals surface area (Å²) in [4.78, 5) is 2.31. The van der Waals surface area contributed by atoms with Gasteiger partial charge in [0, 0.05) is 12.0 Å². The summed E-state index contributed by atoms with van der Waals surface area (Å²) in [6, 6.07) is 8.90. The van der Waals surface area contributed by atoms with E-state index < -0.39 is 0 Å². The molecule has 1 aliphatic carbocycles. The minimum absolute atomic E-state index is 0. The summed E-state index contributed by atoms with van der Waals surface area (Å²) in [5.74, 6) is 0. The summed E-state index contributed by atoms with van der Waals surface area (Å²) < 4.78 is 0. The molecule has 0 saturated carbocycles. The van der Waals surface area contributed by atoms with Gasteiger partial charge in [-0.25, -0.2) is 0 Å². The molecule has 18 heavy (non-hydrogen) atoms. The van der Waals surface area contributed by atoms with Crippen molar-refractivity contribution in [1.29, 1.82) is 0 Å². The predicted molar refractivity (Wildman–Crippen MR) is 81.5 cm³/mol. The molecule has 1 aromatic carbocycles. The highest BCUT2D eigenvalue weighted by Gasteiger charge is 2.32. The first-order valence-corrected chi connectivity index (χ1v) is 6.51. The van der Waals surface area contributed by atoms with Crippen molar-refractivity contribution in [3.05, 3.63) is 47.5 Å². The third-order valence-electron chi connectivity index (χ3n) is 3.70. The maximum absolute atomic E-state index is 2.42. The van der Waals surface area contributed by atoms with E-state index in [0.717, 1.165) is 6.54 Å². The number of nitrogens with zero attached hydrogens (tertiary/aromatic N) is 1. The third-order valence-corrected chi connectivity index (χ3v) is 3.70. The second kappa shape index (κ2) is 6.40. The van der Waals surface area contributed by atoms with Gasteiger partial charge in [0.25, 0.3) is 0 Å². The molecule has 1 aliphatic rings. The van der Waals surface area contributed by atoms with Crippen LogP contribution in [-0.2, 0) is 12.8 Å². The first-order chi connectivity index (χ1) is 8.15. The van der Waals surface area contributed by atoms with Crippen LogP contribution in [0.1, 0.15) is 24.5 Å². The molecule has 0 amide bonds. The topological polar surface area (TPSA) is 3.24 Å². The van der Waals surface area contributed by atoms with Gasteiger partial charge >= 0.3 is 0 Å². The van der Waals surface area contributed by atoms with E-state index in [4.69, 9.17) is 0 Å². The first kappa shape index (κ1) is 15.3. The molecule has 2 heteroatoms. The summed E-state index contributed by atoms with van der Waals surface area (Å²) in [5, 5.41) is 0. The molecule has 0 N–H and O–H groups in total. The Labute approximate surface area is 117 Å². The fourth-order valence-corrected chi connectivity index (χ4v) is 3.14. The molecule has 0 bridgehead atoms. The lowest BCUT2D eigenvalue weighted by Crippen LogP contribution is -2.37. The molecule has 0 fully saturated rings. The molecular weight excluding hydrogens is 242 g/mol. The van der Waals surface area contributed by atoms with Crippen LogP contribution < -0.4 is 0 Å². The second-order valence-electron chi connectivity index (χ2n) is 5.55. The van der Waals surface area contributed by atoms with Gasteiger partial charge in [-0.3, -0.25) is 0 Å². The number of aryl methyl sites for hydroxylation is 1. The van der Waals surface area contributed by atoms with Crippen LogP contribution in [0.25, 0.3) is 0 Å². The maximum atomic E-state index is 2.42. The van der Waals surface area contributed by atoms with Crippen molar-refractivity contribution in [3.8, 4) is 0 Å². The molecule has 0 spiro atoms. The number of hydrogen-bond acceptors (Lipinski definition) is 1. The minimum Gasteiger partial charge on any atom is -0.309 e. The van der Waals surface area contributed by atoms with Gasteiger partial charge < -0.3 is 4.90 Å². The van der Waals surface area contributed by atoms with E-state index in [0.29, 0.717) is 5.41 Å². The Kier molecular flexibility index (Phi) is 5.43. The van der Waals surface area contributed by atoms with Crippen molar-refractivity contribution in [2.75, 3.05) is 20.6 Å². The fraction of sp³-hybridized carbons (Fsp3) is 0.500. The van der Waals surface area contributed by atoms with Gasteiger partial charge in [0.1, 0.15) is 0 Å². The Morgan fingerprint density at radius 1 is 1.22 bits per heavy atom. The molecule has 0 aromatic heterocycles. The molecule has 0 saturated heterocycles. The highest BCUT2D eigenvalue weighted by molar-refractivity contribution is 5.85. The van der Waals surface area contributed by atoms with Crippen LogP contribution in [0.15, 0.2) is 36.4 Å². The van der Waals surface area contributed by atoms with Crippen LogP contribution in [0.5, 0.6) is 0 Å². The van der Waals surface area contributed by atoms with Crippen molar-refractivity contribution >= 4 is 12.4 Å². The van der Waals surface area contributed by atoms with Crippen LogP contribution in [0.4, 0.5) is 0 Å². The Morgan fingerprint density at radius 3 is 2.50 bits per heavy atom. The van der Waals surface area contributed by atoms with Gasteiger partial charge in [-0.05, 0) is 51.4 Å². The molecule has 0 aliphatic heterocycles. The van der Waals surface area contributed by atoms with Crippen molar-refractivity contribution in [2.24, 2.45) is 5.41 Å². The summed E-state index contributed by atoms with van der Waals surface area (Å²) in [6.45, 7) is 3.28. The molecule has 100 valence electrons. The lowest BCUT2D eigenvalue weighted by atomic mass is 9.71. The lowest BCUT2D eigenvalue weighted by Gasteiger charge is -2.38. The predicted octanol–water partition coefficient (Wildman–Crippen LogP) is 3.72. The number of rotatable bonds is 3. The molecule has 1 unspecified atom stereocenters. The van der Waals surface area contributed by atoms with Crippen LogP contribution in [0.2, 0.25) is 0 Å². The maximum Gasteiger partial charge on any atom is 0.00699 e. The van der Waals surface area contributed by atoms with Gasteiger partial charge in [-0.2, -0.15) is 0 Å². The highest BCUT2D eigenvalue weighted by atomic mass is 35.5. The number of hydrogen-bond donors (Lipinski definition) is 0. The SMILES string of the molecule is CC=CC1(CN(C)C)CCc2ccccc2C1.Cl. The zero-order valence-electron chi connectivity index (χ0n) is 11.6. The zero-order chi connectivity index (χ0) is 12.3. The van der Waals surface area contributed by atoms with E-state index in [-0.39, 0.29) is 12.4 Å². The van der Waals surface area contributed by atoms with E-state index in [2.05, 4.69) is 62.3 Å². The smallest absolute Gasteiger partial charge is 0.00699 e. The Balaban J connectivity index is 0.00000162. The molecule has 1 nitrogen and oxygen atoms in total. The van der Waals surface area contributed by atoms with Crippen molar-refractivity contribution in [2.45, 2.75) is 26.2 Å². The Hall–Kier alpha value is -0.790. The van der Waals surface area contributed by atoms with E-state index >= 15 is 0 Å². The van der Waals surface area contributed by atoms with E-state index in [9.17, 15) is 0 Å². The summed E-state index contributed by atoms with van der Waals surface area (Å²) >= 11 is 0. The molecule has 0 heterocycles. The van der Waals surface area contributed by atoms with Crippen LogP contribution in [0, 0.1) is 5.41 Å². The Bertz CT molecular complexity index is 411. The van der Waals surface area contributed by atoms with Gasteiger partial charge in [-0.1, -0.05) is 36.4 Å². The van der Waals surface area contributed by atoms with Gasteiger partial charge in [-0.15, -0.1) is 12.4 Å². The quantitative estimate of drug-likeness (QED) is 0.753. The fourth-order valence-electron chi connectivity index (χ4n) is 3.14. The molecule has 1 aromatic rings. The average molecular weight is 266 g/mol. The number of allylic oxidation sites excluding steroid dienone is 1. The van der Waals surface area contributed by atoms with E-state index in [1.807, 2.05) is 0 Å². The zero-order valence-corrected chi connectivity index (χ0v) is 12.5. The number of fused-ring (bicyclic) bond motifs is 1. The summed E-state index contributed by atoms with van der Waals surface area (Å²) in [5.41, 5.74) is 3.43.